The summed E-state index contributed by atoms with van der Waals surface area (Å²) >= 11 is 0. The fraction of sp³-hybridized carbons (Fsp3) is 0.0789. The minimum Gasteiger partial charge on any atom is -0.405 e. The number of fused-ring (bicyclic) bond motifs is 3. The second-order valence-corrected chi connectivity index (χ2v) is 11.2. The lowest BCUT2D eigenvalue weighted by atomic mass is 9.57. The lowest BCUT2D eigenvalue weighted by molar-refractivity contribution is 0.990. The SMILES string of the molecule is C1=CC(c2cccc3c2B(Nc2ccccc2)N(c2nc(C4=CCCC=C4)nc(-c4ccccc4)n2)c2ccccc2-3)C=C1. The Hall–Kier alpha value is -5.49. The highest BCUT2D eigenvalue weighted by atomic mass is 15.3. The van der Waals surface area contributed by atoms with E-state index in [1.807, 2.05) is 24.3 Å². The summed E-state index contributed by atoms with van der Waals surface area (Å²) in [7, 11) is 0. The lowest BCUT2D eigenvalue weighted by Gasteiger charge is -2.38. The molecule has 1 N–H and O–H groups in total. The smallest absolute Gasteiger partial charge is 0.405 e. The van der Waals surface area contributed by atoms with Crippen LogP contribution in [0.4, 0.5) is 17.3 Å². The van der Waals surface area contributed by atoms with Crippen LogP contribution in [0.15, 0.2) is 146 Å². The standard InChI is InChI=1S/C38H30BN5/c1-4-17-28(18-5-1)36-40-37(29-19-6-2-7-20-29)42-38(41-36)44-34-26-13-12-23-32(34)33-25-14-24-31(27-15-10-11-16-27)35(33)39(44)43-30-21-8-3-9-22-30/h1,3-6,8-27,43H,2,7H2. The number of nitrogens with one attached hydrogen (secondary N) is 1. The molecule has 0 unspecified atom stereocenters. The molecule has 1 aliphatic heterocycles. The first-order valence-electron chi connectivity index (χ1n) is 15.2. The zero-order chi connectivity index (χ0) is 29.3. The van der Waals surface area contributed by atoms with Crippen LogP contribution in [0.3, 0.4) is 0 Å². The van der Waals surface area contributed by atoms with E-state index >= 15 is 0 Å². The predicted molar refractivity (Wildman–Crippen MR) is 182 cm³/mol. The number of allylic oxidation sites excluding steroid dienone is 8. The fourth-order valence-electron chi connectivity index (χ4n) is 6.38. The maximum absolute atomic E-state index is 5.21. The van der Waals surface area contributed by atoms with Crippen LogP contribution in [0.25, 0.3) is 28.1 Å². The Morgan fingerprint density at radius 3 is 2.20 bits per heavy atom. The molecule has 8 rings (SSSR count). The summed E-state index contributed by atoms with van der Waals surface area (Å²) in [6.07, 6.45) is 17.3. The van der Waals surface area contributed by atoms with E-state index in [-0.39, 0.29) is 12.9 Å². The van der Waals surface area contributed by atoms with Gasteiger partial charge in [-0.25, -0.2) is 4.98 Å². The van der Waals surface area contributed by atoms with Gasteiger partial charge in [0.25, 0.3) is 0 Å². The van der Waals surface area contributed by atoms with E-state index in [0.29, 0.717) is 17.6 Å². The molecule has 2 heterocycles. The summed E-state index contributed by atoms with van der Waals surface area (Å²) in [5.74, 6) is 2.12. The Morgan fingerprint density at radius 1 is 0.682 bits per heavy atom. The fourth-order valence-corrected chi connectivity index (χ4v) is 6.38. The topological polar surface area (TPSA) is 53.9 Å². The Balaban J connectivity index is 1.39. The minimum atomic E-state index is -0.282. The van der Waals surface area contributed by atoms with Crippen LogP contribution in [0.1, 0.15) is 30.1 Å². The van der Waals surface area contributed by atoms with Crippen molar-refractivity contribution in [2.75, 3.05) is 10.0 Å². The molecule has 1 aromatic heterocycles. The number of para-hydroxylation sites is 2. The molecular weight excluding hydrogens is 537 g/mol. The van der Waals surface area contributed by atoms with Crippen LogP contribution in [0, 0.1) is 0 Å². The van der Waals surface area contributed by atoms with Gasteiger partial charge in [0.15, 0.2) is 11.6 Å². The Labute approximate surface area is 258 Å². The van der Waals surface area contributed by atoms with Gasteiger partial charge < -0.3 is 10.0 Å². The monoisotopic (exact) mass is 567 g/mol. The van der Waals surface area contributed by atoms with Crippen LogP contribution in [-0.2, 0) is 0 Å². The maximum Gasteiger partial charge on any atom is 0.416 e. The Kier molecular flexibility index (Phi) is 6.72. The predicted octanol–water partition coefficient (Wildman–Crippen LogP) is 8.11. The quantitative estimate of drug-likeness (QED) is 0.210. The first-order valence-corrected chi connectivity index (χ1v) is 15.2. The third-order valence-electron chi connectivity index (χ3n) is 8.43. The van der Waals surface area contributed by atoms with E-state index in [1.54, 1.807) is 0 Å². The summed E-state index contributed by atoms with van der Waals surface area (Å²) in [4.78, 5) is 17.7. The molecule has 0 amide bonds. The van der Waals surface area contributed by atoms with Gasteiger partial charge in [0.1, 0.15) is 0 Å². The van der Waals surface area contributed by atoms with Gasteiger partial charge in [-0.05, 0) is 47.6 Å². The highest BCUT2D eigenvalue weighted by molar-refractivity contribution is 6.83. The number of aromatic nitrogens is 3. The van der Waals surface area contributed by atoms with E-state index in [1.165, 1.54) is 16.6 Å². The minimum absolute atomic E-state index is 0.184. The second kappa shape index (κ2) is 11.3. The average Bonchev–Trinajstić information content (AvgIpc) is 3.64. The molecule has 0 fully saturated rings. The molecule has 0 saturated heterocycles. The highest BCUT2D eigenvalue weighted by Gasteiger charge is 2.41. The van der Waals surface area contributed by atoms with Crippen LogP contribution in [0.5, 0.6) is 0 Å². The molecule has 2 aliphatic carbocycles. The molecule has 5 nitrogen and oxygen atoms in total. The van der Waals surface area contributed by atoms with Crippen molar-refractivity contribution >= 4 is 35.3 Å². The van der Waals surface area contributed by atoms with E-state index in [0.717, 1.165) is 40.9 Å². The first-order chi connectivity index (χ1) is 21.8. The molecular formula is C38H30BN5. The van der Waals surface area contributed by atoms with Crippen molar-refractivity contribution < 1.29 is 0 Å². The molecule has 0 atom stereocenters. The van der Waals surface area contributed by atoms with Crippen LogP contribution >= 0.6 is 0 Å². The number of hydrogen-bond acceptors (Lipinski definition) is 5. The van der Waals surface area contributed by atoms with E-state index in [9.17, 15) is 0 Å². The molecule has 0 spiro atoms. The van der Waals surface area contributed by atoms with E-state index in [2.05, 4.69) is 131 Å². The molecule has 44 heavy (non-hydrogen) atoms. The number of anilines is 3. The van der Waals surface area contributed by atoms with E-state index < -0.39 is 0 Å². The van der Waals surface area contributed by atoms with Gasteiger partial charge >= 0.3 is 6.98 Å². The summed E-state index contributed by atoms with van der Waals surface area (Å²) < 4.78 is 0. The van der Waals surface area contributed by atoms with Crippen molar-refractivity contribution in [3.8, 4) is 22.5 Å². The number of benzene rings is 4. The van der Waals surface area contributed by atoms with Crippen LogP contribution in [0.2, 0.25) is 0 Å². The third-order valence-corrected chi connectivity index (χ3v) is 8.43. The van der Waals surface area contributed by atoms with Gasteiger partial charge in [-0.3, -0.25) is 0 Å². The summed E-state index contributed by atoms with van der Waals surface area (Å²) in [6, 6.07) is 35.8. The zero-order valence-electron chi connectivity index (χ0n) is 24.2. The maximum atomic E-state index is 5.21. The molecule has 0 saturated carbocycles. The number of nitrogens with zero attached hydrogens (tertiary/aromatic N) is 4. The van der Waals surface area contributed by atoms with Crippen molar-refractivity contribution in [3.05, 3.63) is 157 Å². The van der Waals surface area contributed by atoms with Gasteiger partial charge in [-0.2, -0.15) is 9.97 Å². The van der Waals surface area contributed by atoms with Crippen LogP contribution < -0.4 is 15.5 Å². The number of hydrogen-bond donors (Lipinski definition) is 1. The second-order valence-electron chi connectivity index (χ2n) is 11.2. The zero-order valence-corrected chi connectivity index (χ0v) is 24.2. The Morgan fingerprint density at radius 2 is 1.41 bits per heavy atom. The Bertz CT molecular complexity index is 1950. The van der Waals surface area contributed by atoms with Gasteiger partial charge in [-0.1, -0.05) is 127 Å². The van der Waals surface area contributed by atoms with Crippen molar-refractivity contribution in [1.82, 2.24) is 15.0 Å². The summed E-state index contributed by atoms with van der Waals surface area (Å²) in [5.41, 5.74) is 8.90. The van der Waals surface area contributed by atoms with Gasteiger partial charge in [0, 0.05) is 34.0 Å². The van der Waals surface area contributed by atoms with Gasteiger partial charge in [0.2, 0.25) is 5.95 Å². The van der Waals surface area contributed by atoms with Crippen molar-refractivity contribution in [3.63, 3.8) is 0 Å². The van der Waals surface area contributed by atoms with Crippen molar-refractivity contribution in [2.24, 2.45) is 0 Å². The van der Waals surface area contributed by atoms with Gasteiger partial charge in [0.05, 0.1) is 0 Å². The lowest BCUT2D eigenvalue weighted by Crippen LogP contribution is -2.57. The largest absolute Gasteiger partial charge is 0.416 e. The normalized spacial score (nSPS) is 15.2. The highest BCUT2D eigenvalue weighted by Crippen LogP contribution is 2.41. The van der Waals surface area contributed by atoms with E-state index in [4.69, 9.17) is 15.0 Å². The van der Waals surface area contributed by atoms with Gasteiger partial charge in [-0.15, -0.1) is 0 Å². The van der Waals surface area contributed by atoms with Crippen molar-refractivity contribution in [1.29, 1.82) is 0 Å². The third kappa shape index (κ3) is 4.75. The molecule has 0 radical (unpaired) electrons. The molecule has 3 aliphatic rings. The van der Waals surface area contributed by atoms with Crippen LogP contribution in [-0.4, -0.2) is 21.9 Å². The molecule has 210 valence electrons. The molecule has 6 heteroatoms. The van der Waals surface area contributed by atoms with Crippen molar-refractivity contribution in [2.45, 2.75) is 18.8 Å². The number of rotatable bonds is 6. The molecule has 4 aromatic carbocycles. The molecule has 5 aromatic rings. The summed E-state index contributed by atoms with van der Waals surface area (Å²) in [5, 5.41) is 3.90. The summed E-state index contributed by atoms with van der Waals surface area (Å²) in [6.45, 7) is -0.282. The molecule has 0 bridgehead atoms. The average molecular weight is 568 g/mol. The first kappa shape index (κ1) is 26.2.